The van der Waals surface area contributed by atoms with Crippen molar-refractivity contribution in [1.29, 1.82) is 0 Å². The molecule has 0 atom stereocenters. The van der Waals surface area contributed by atoms with Gasteiger partial charge >= 0.3 is 0 Å². The van der Waals surface area contributed by atoms with E-state index < -0.39 is 5.91 Å². The molecule has 3 rings (SSSR count). The summed E-state index contributed by atoms with van der Waals surface area (Å²) < 4.78 is 12.0. The minimum Gasteiger partial charge on any atom is -0.497 e. The van der Waals surface area contributed by atoms with E-state index in [0.29, 0.717) is 28.0 Å². The normalized spacial score (nSPS) is 10.4. The molecule has 0 radical (unpaired) electrons. The van der Waals surface area contributed by atoms with E-state index in [2.05, 4.69) is 20.9 Å². The first-order valence-corrected chi connectivity index (χ1v) is 10.3. The number of rotatable bonds is 7. The van der Waals surface area contributed by atoms with Crippen LogP contribution in [0.15, 0.2) is 53.7 Å². The number of hydrogen-bond donors (Lipinski definition) is 2. The summed E-state index contributed by atoms with van der Waals surface area (Å²) in [5.74, 6) is 1.96. The first-order chi connectivity index (χ1) is 14.5. The Hall–Kier alpha value is -3.11. The zero-order valence-electron chi connectivity index (χ0n) is 16.7. The van der Waals surface area contributed by atoms with E-state index in [-0.39, 0.29) is 5.11 Å². The van der Waals surface area contributed by atoms with Crippen molar-refractivity contribution < 1.29 is 14.3 Å². The maximum Gasteiger partial charge on any atom is 0.257 e. The third-order valence-corrected chi connectivity index (χ3v) is 5.25. The van der Waals surface area contributed by atoms with Crippen LogP contribution in [-0.2, 0) is 5.75 Å². The number of ether oxygens (including phenoxy) is 2. The number of nitrogens with one attached hydrogen (secondary N) is 2. The van der Waals surface area contributed by atoms with Gasteiger partial charge in [0.25, 0.3) is 5.91 Å². The maximum absolute atomic E-state index is 12.6. The summed E-state index contributed by atoms with van der Waals surface area (Å²) in [4.78, 5) is 12.6. The Kier molecular flexibility index (Phi) is 7.26. The van der Waals surface area contributed by atoms with Crippen LogP contribution in [0.25, 0.3) is 0 Å². The number of carbonyl (C=O) groups excluding carboxylic acids is 1. The molecule has 0 fully saturated rings. The van der Waals surface area contributed by atoms with E-state index in [9.17, 15) is 4.79 Å². The van der Waals surface area contributed by atoms with E-state index in [0.717, 1.165) is 11.3 Å². The topological polar surface area (TPSA) is 90.3 Å². The Bertz CT molecular complexity index is 1020. The van der Waals surface area contributed by atoms with Gasteiger partial charge in [-0.15, -0.1) is 10.2 Å². The Morgan fingerprint density at radius 2 is 1.77 bits per heavy atom. The number of aromatic nitrogens is 3. The highest BCUT2D eigenvalue weighted by atomic mass is 32.2. The van der Waals surface area contributed by atoms with Crippen molar-refractivity contribution in [2.24, 2.45) is 0 Å². The van der Waals surface area contributed by atoms with Gasteiger partial charge < -0.3 is 9.47 Å². The number of amides is 1. The van der Waals surface area contributed by atoms with Crippen molar-refractivity contribution in [3.63, 3.8) is 0 Å². The fourth-order valence-electron chi connectivity index (χ4n) is 2.53. The minimum atomic E-state index is -0.395. The Balaban J connectivity index is 1.66. The Labute approximate surface area is 184 Å². The summed E-state index contributed by atoms with van der Waals surface area (Å²) in [6.45, 7) is 1.80. The van der Waals surface area contributed by atoms with Gasteiger partial charge in [-0.2, -0.15) is 0 Å². The number of methoxy groups -OCH3 is 2. The van der Waals surface area contributed by atoms with E-state index >= 15 is 0 Å². The highest BCUT2D eigenvalue weighted by Crippen LogP contribution is 2.23. The van der Waals surface area contributed by atoms with E-state index in [1.165, 1.54) is 26.0 Å². The van der Waals surface area contributed by atoms with Crippen LogP contribution in [0, 0.1) is 6.92 Å². The van der Waals surface area contributed by atoms with Crippen molar-refractivity contribution in [3.05, 3.63) is 65.5 Å². The van der Waals surface area contributed by atoms with E-state index in [4.69, 9.17) is 21.7 Å². The third kappa shape index (κ3) is 5.49. The van der Waals surface area contributed by atoms with Gasteiger partial charge in [-0.25, -0.2) is 4.68 Å². The molecule has 2 N–H and O–H groups in total. The van der Waals surface area contributed by atoms with Gasteiger partial charge in [-0.1, -0.05) is 42.1 Å². The molecule has 0 aliphatic carbocycles. The number of carbonyl (C=O) groups is 1. The standard InChI is InChI=1S/C20H21N5O3S2/c1-13-22-23-20(30-12-14-7-5-4-6-8-14)25(13)24-19(29)21-18(26)15-9-16(27-2)11-17(10-15)28-3/h4-11H,12H2,1-3H3,(H2,21,24,26,29). The summed E-state index contributed by atoms with van der Waals surface area (Å²) >= 11 is 6.82. The summed E-state index contributed by atoms with van der Waals surface area (Å²) in [6.07, 6.45) is 0. The number of aryl methyl sites for hydroxylation is 1. The average Bonchev–Trinajstić information content (AvgIpc) is 3.11. The molecule has 0 aliphatic heterocycles. The molecule has 1 amide bonds. The van der Waals surface area contributed by atoms with Gasteiger partial charge in [0.2, 0.25) is 5.16 Å². The molecule has 0 unspecified atom stereocenters. The lowest BCUT2D eigenvalue weighted by molar-refractivity contribution is 0.0976. The smallest absolute Gasteiger partial charge is 0.257 e. The molecule has 1 aromatic heterocycles. The van der Waals surface area contributed by atoms with Crippen molar-refractivity contribution in [2.75, 3.05) is 19.6 Å². The van der Waals surface area contributed by atoms with Gasteiger partial charge in [0.1, 0.15) is 17.3 Å². The van der Waals surface area contributed by atoms with Crippen LogP contribution in [0.3, 0.4) is 0 Å². The van der Waals surface area contributed by atoms with Crippen LogP contribution in [-0.4, -0.2) is 40.1 Å². The first kappa shape index (κ1) is 21.6. The molecule has 30 heavy (non-hydrogen) atoms. The molecule has 0 aliphatic rings. The maximum atomic E-state index is 12.6. The monoisotopic (exact) mass is 443 g/mol. The number of nitrogens with zero attached hydrogens (tertiary/aromatic N) is 3. The fourth-order valence-corrected chi connectivity index (χ4v) is 3.61. The van der Waals surface area contributed by atoms with Crippen LogP contribution < -0.4 is 20.2 Å². The average molecular weight is 444 g/mol. The van der Waals surface area contributed by atoms with Crippen LogP contribution >= 0.6 is 24.0 Å². The van der Waals surface area contributed by atoms with E-state index in [1.54, 1.807) is 29.8 Å². The fraction of sp³-hybridized carbons (Fsp3) is 0.200. The molecule has 0 spiro atoms. The lowest BCUT2D eigenvalue weighted by atomic mass is 10.2. The van der Waals surface area contributed by atoms with Gasteiger partial charge in [0.15, 0.2) is 5.11 Å². The molecule has 2 aromatic carbocycles. The highest BCUT2D eigenvalue weighted by Gasteiger charge is 2.15. The van der Waals surface area contributed by atoms with Crippen molar-refractivity contribution in [1.82, 2.24) is 20.2 Å². The predicted molar refractivity (Wildman–Crippen MR) is 120 cm³/mol. The van der Waals surface area contributed by atoms with Gasteiger partial charge in [-0.3, -0.25) is 15.5 Å². The lowest BCUT2D eigenvalue weighted by Gasteiger charge is -2.14. The second-order valence-corrected chi connectivity index (χ2v) is 7.49. The van der Waals surface area contributed by atoms with Crippen LogP contribution in [0.4, 0.5) is 0 Å². The minimum absolute atomic E-state index is 0.117. The van der Waals surface area contributed by atoms with Crippen molar-refractivity contribution in [2.45, 2.75) is 17.8 Å². The van der Waals surface area contributed by atoms with E-state index in [1.807, 2.05) is 30.3 Å². The third-order valence-electron chi connectivity index (χ3n) is 4.06. The lowest BCUT2D eigenvalue weighted by Crippen LogP contribution is -2.38. The summed E-state index contributed by atoms with van der Waals surface area (Å²) in [7, 11) is 3.04. The Morgan fingerprint density at radius 1 is 1.10 bits per heavy atom. The molecular formula is C20H21N5O3S2. The van der Waals surface area contributed by atoms with Gasteiger partial charge in [0.05, 0.1) is 14.2 Å². The zero-order valence-corrected chi connectivity index (χ0v) is 18.3. The van der Waals surface area contributed by atoms with Crippen LogP contribution in [0.1, 0.15) is 21.7 Å². The molecule has 0 saturated heterocycles. The Morgan fingerprint density at radius 3 is 2.40 bits per heavy atom. The quantitative estimate of drug-likeness (QED) is 0.425. The molecule has 0 bridgehead atoms. The van der Waals surface area contributed by atoms with Gasteiger partial charge in [0, 0.05) is 17.4 Å². The van der Waals surface area contributed by atoms with Gasteiger partial charge in [-0.05, 0) is 36.8 Å². The van der Waals surface area contributed by atoms with Crippen LogP contribution in [0.2, 0.25) is 0 Å². The second-order valence-electron chi connectivity index (χ2n) is 6.14. The summed E-state index contributed by atoms with van der Waals surface area (Å²) in [5, 5.41) is 11.7. The molecule has 156 valence electrons. The molecular weight excluding hydrogens is 422 g/mol. The summed E-state index contributed by atoms with van der Waals surface area (Å²) in [5.41, 5.74) is 4.48. The summed E-state index contributed by atoms with van der Waals surface area (Å²) in [6, 6.07) is 14.9. The molecule has 1 heterocycles. The molecule has 3 aromatic rings. The zero-order chi connectivity index (χ0) is 21.5. The number of benzene rings is 2. The first-order valence-electron chi connectivity index (χ1n) is 8.94. The second kappa shape index (κ2) is 10.1. The number of thiocarbonyl (C=S) groups is 1. The number of thioether (sulfide) groups is 1. The molecule has 10 heteroatoms. The van der Waals surface area contributed by atoms with Crippen molar-refractivity contribution in [3.8, 4) is 11.5 Å². The highest BCUT2D eigenvalue weighted by molar-refractivity contribution is 7.98. The van der Waals surface area contributed by atoms with Crippen LogP contribution in [0.5, 0.6) is 11.5 Å². The largest absolute Gasteiger partial charge is 0.497 e. The molecule has 8 nitrogen and oxygen atoms in total. The van der Waals surface area contributed by atoms with Crippen molar-refractivity contribution >= 4 is 35.0 Å². The predicted octanol–water partition coefficient (Wildman–Crippen LogP) is 3.15. The SMILES string of the molecule is COc1cc(OC)cc(C(=O)NC(=S)Nn2c(C)nnc2SCc2ccccc2)c1. The molecule has 0 saturated carbocycles. The number of hydrogen-bond acceptors (Lipinski definition) is 7.